The molecule has 106 valence electrons. The maximum atomic E-state index is 13.7. The van der Waals surface area contributed by atoms with Crippen LogP contribution in [0.5, 0.6) is 5.75 Å². The van der Waals surface area contributed by atoms with Gasteiger partial charge >= 0.3 is 0 Å². The van der Waals surface area contributed by atoms with Gasteiger partial charge in [-0.05, 0) is 41.8 Å². The van der Waals surface area contributed by atoms with E-state index in [4.69, 9.17) is 10.6 Å². The van der Waals surface area contributed by atoms with E-state index in [-0.39, 0.29) is 17.6 Å². The summed E-state index contributed by atoms with van der Waals surface area (Å²) in [6.07, 6.45) is 0.458. The van der Waals surface area contributed by atoms with Crippen LogP contribution in [-0.2, 0) is 6.42 Å². The van der Waals surface area contributed by atoms with Crippen LogP contribution < -0.4 is 16.0 Å². The Balaban J connectivity index is 2.22. The molecule has 0 aliphatic carbocycles. The van der Waals surface area contributed by atoms with Gasteiger partial charge in [0.15, 0.2) is 11.6 Å². The summed E-state index contributed by atoms with van der Waals surface area (Å²) in [6.45, 7) is 0. The molecule has 5 heteroatoms. The number of benzene rings is 2. The van der Waals surface area contributed by atoms with Crippen LogP contribution in [0.1, 0.15) is 17.2 Å². The Bertz CT molecular complexity index is 590. The van der Waals surface area contributed by atoms with E-state index in [0.717, 1.165) is 5.56 Å². The van der Waals surface area contributed by atoms with Gasteiger partial charge in [0.1, 0.15) is 5.82 Å². The second-order valence-electron chi connectivity index (χ2n) is 4.45. The average molecular weight is 278 g/mol. The molecule has 2 rings (SSSR count). The van der Waals surface area contributed by atoms with E-state index >= 15 is 0 Å². The van der Waals surface area contributed by atoms with Crippen LogP contribution >= 0.6 is 0 Å². The summed E-state index contributed by atoms with van der Waals surface area (Å²) in [5, 5.41) is 0. The van der Waals surface area contributed by atoms with Gasteiger partial charge in [-0.2, -0.15) is 0 Å². The number of rotatable bonds is 5. The zero-order chi connectivity index (χ0) is 14.5. The molecule has 3 nitrogen and oxygen atoms in total. The first-order chi connectivity index (χ1) is 9.63. The smallest absolute Gasteiger partial charge is 0.165 e. The van der Waals surface area contributed by atoms with Crippen molar-refractivity contribution in [2.24, 2.45) is 5.84 Å². The Hall–Kier alpha value is -1.98. The molecule has 1 unspecified atom stereocenters. The van der Waals surface area contributed by atoms with E-state index in [9.17, 15) is 8.78 Å². The molecule has 0 bridgehead atoms. The highest BCUT2D eigenvalue weighted by Gasteiger charge is 2.13. The summed E-state index contributed by atoms with van der Waals surface area (Å²) in [5.74, 6) is 4.93. The maximum Gasteiger partial charge on any atom is 0.165 e. The summed E-state index contributed by atoms with van der Waals surface area (Å²) < 4.78 is 31.7. The maximum absolute atomic E-state index is 13.7. The molecule has 0 spiro atoms. The zero-order valence-electron chi connectivity index (χ0n) is 11.1. The highest BCUT2D eigenvalue weighted by atomic mass is 19.1. The number of hydrogen-bond acceptors (Lipinski definition) is 3. The molecule has 0 fully saturated rings. The van der Waals surface area contributed by atoms with Gasteiger partial charge in [-0.1, -0.05) is 18.2 Å². The molecular formula is C15H16F2N2O. The normalized spacial score (nSPS) is 12.2. The third-order valence-electron chi connectivity index (χ3n) is 3.11. The van der Waals surface area contributed by atoms with Crippen molar-refractivity contribution in [1.29, 1.82) is 0 Å². The number of methoxy groups -OCH3 is 1. The van der Waals surface area contributed by atoms with Crippen molar-refractivity contribution < 1.29 is 13.5 Å². The van der Waals surface area contributed by atoms with Crippen LogP contribution in [0.3, 0.4) is 0 Å². The second-order valence-corrected chi connectivity index (χ2v) is 4.45. The van der Waals surface area contributed by atoms with E-state index in [0.29, 0.717) is 12.0 Å². The minimum absolute atomic E-state index is 0.176. The molecule has 0 saturated heterocycles. The van der Waals surface area contributed by atoms with Crippen LogP contribution in [0.25, 0.3) is 0 Å². The van der Waals surface area contributed by atoms with Crippen LogP contribution in [0.4, 0.5) is 8.78 Å². The topological polar surface area (TPSA) is 47.3 Å². The standard InChI is InChI=1S/C15H16F2N2O/c1-20-15-6-5-11(9-13(15)17)14(19-18)8-10-3-2-4-12(16)7-10/h2-7,9,14,19H,8,18H2,1H3. The molecule has 0 radical (unpaired) electrons. The molecule has 0 heterocycles. The van der Waals surface area contributed by atoms with E-state index < -0.39 is 5.82 Å². The molecule has 1 atom stereocenters. The number of hydrogen-bond donors (Lipinski definition) is 2. The molecule has 0 saturated carbocycles. The van der Waals surface area contributed by atoms with Crippen molar-refractivity contribution >= 4 is 0 Å². The Morgan fingerprint density at radius 2 is 2.00 bits per heavy atom. The van der Waals surface area contributed by atoms with Crippen molar-refractivity contribution in [2.75, 3.05) is 7.11 Å². The van der Waals surface area contributed by atoms with Crippen LogP contribution in [0.2, 0.25) is 0 Å². The molecule has 0 aromatic heterocycles. The first-order valence-corrected chi connectivity index (χ1v) is 6.18. The van der Waals surface area contributed by atoms with E-state index in [1.807, 2.05) is 0 Å². The average Bonchev–Trinajstić information content (AvgIpc) is 2.44. The number of halogens is 2. The molecule has 0 amide bonds. The highest BCUT2D eigenvalue weighted by molar-refractivity contribution is 5.32. The predicted molar refractivity (Wildman–Crippen MR) is 73.1 cm³/mol. The Morgan fingerprint density at radius 1 is 1.20 bits per heavy atom. The molecule has 3 N–H and O–H groups in total. The molecule has 20 heavy (non-hydrogen) atoms. The number of nitrogens with two attached hydrogens (primary N) is 1. The van der Waals surface area contributed by atoms with Crippen molar-refractivity contribution in [1.82, 2.24) is 5.43 Å². The molecular weight excluding hydrogens is 262 g/mol. The second kappa shape index (κ2) is 6.45. The summed E-state index contributed by atoms with van der Waals surface area (Å²) in [4.78, 5) is 0. The fourth-order valence-corrected chi connectivity index (χ4v) is 2.07. The highest BCUT2D eigenvalue weighted by Crippen LogP contribution is 2.24. The van der Waals surface area contributed by atoms with Crippen LogP contribution in [0.15, 0.2) is 42.5 Å². The molecule has 0 aliphatic rings. The zero-order valence-corrected chi connectivity index (χ0v) is 11.1. The van der Waals surface area contributed by atoms with Crippen molar-refractivity contribution in [3.8, 4) is 5.75 Å². The lowest BCUT2D eigenvalue weighted by Crippen LogP contribution is -2.29. The molecule has 2 aromatic carbocycles. The lowest BCUT2D eigenvalue weighted by atomic mass is 9.99. The summed E-state index contributed by atoms with van der Waals surface area (Å²) in [5.41, 5.74) is 4.08. The van der Waals surface area contributed by atoms with Gasteiger partial charge in [0.05, 0.1) is 13.2 Å². The minimum atomic E-state index is -0.454. The van der Waals surface area contributed by atoms with Gasteiger partial charge in [-0.25, -0.2) is 8.78 Å². The number of ether oxygens (including phenoxy) is 1. The first kappa shape index (κ1) is 14.4. The lowest BCUT2D eigenvalue weighted by molar-refractivity contribution is 0.385. The third kappa shape index (κ3) is 3.31. The SMILES string of the molecule is COc1ccc(C(Cc2cccc(F)c2)NN)cc1F. The Morgan fingerprint density at radius 3 is 2.60 bits per heavy atom. The van der Waals surface area contributed by atoms with Gasteiger partial charge in [0.25, 0.3) is 0 Å². The van der Waals surface area contributed by atoms with Gasteiger partial charge in [-0.15, -0.1) is 0 Å². The van der Waals surface area contributed by atoms with E-state index in [1.165, 1.54) is 25.3 Å². The van der Waals surface area contributed by atoms with Gasteiger partial charge < -0.3 is 4.74 Å². The summed E-state index contributed by atoms with van der Waals surface area (Å²) >= 11 is 0. The Kier molecular flexibility index (Phi) is 4.65. The molecule has 2 aromatic rings. The Labute approximate surface area is 116 Å². The number of hydrazine groups is 1. The fourth-order valence-electron chi connectivity index (χ4n) is 2.07. The minimum Gasteiger partial charge on any atom is -0.494 e. The number of nitrogens with one attached hydrogen (secondary N) is 1. The van der Waals surface area contributed by atoms with Gasteiger partial charge in [0, 0.05) is 0 Å². The largest absolute Gasteiger partial charge is 0.494 e. The van der Waals surface area contributed by atoms with E-state index in [2.05, 4.69) is 5.43 Å². The lowest BCUT2D eigenvalue weighted by Gasteiger charge is -2.17. The van der Waals surface area contributed by atoms with Gasteiger partial charge in [0.2, 0.25) is 0 Å². The summed E-state index contributed by atoms with van der Waals surface area (Å²) in [7, 11) is 1.41. The summed E-state index contributed by atoms with van der Waals surface area (Å²) in [6, 6.07) is 10.6. The fraction of sp³-hybridized carbons (Fsp3) is 0.200. The van der Waals surface area contributed by atoms with Crippen molar-refractivity contribution in [3.05, 3.63) is 65.2 Å². The third-order valence-corrected chi connectivity index (χ3v) is 3.11. The van der Waals surface area contributed by atoms with Gasteiger partial charge in [-0.3, -0.25) is 11.3 Å². The predicted octanol–water partition coefficient (Wildman–Crippen LogP) is 2.72. The van der Waals surface area contributed by atoms with Crippen LogP contribution in [-0.4, -0.2) is 7.11 Å². The monoisotopic (exact) mass is 278 g/mol. The quantitative estimate of drug-likeness (QED) is 0.653. The van der Waals surface area contributed by atoms with Crippen LogP contribution in [0, 0.1) is 11.6 Å². The van der Waals surface area contributed by atoms with Crippen molar-refractivity contribution in [3.63, 3.8) is 0 Å². The van der Waals surface area contributed by atoms with Crippen molar-refractivity contribution in [2.45, 2.75) is 12.5 Å². The van der Waals surface area contributed by atoms with E-state index in [1.54, 1.807) is 24.3 Å². The molecule has 0 aliphatic heterocycles. The first-order valence-electron chi connectivity index (χ1n) is 6.18.